The maximum absolute atomic E-state index is 5.36. The van der Waals surface area contributed by atoms with Gasteiger partial charge in [0.05, 0.1) is 13.2 Å². The molecule has 3 aromatic carbocycles. The minimum absolute atomic E-state index is 0.740. The molecule has 0 heterocycles. The molecule has 0 aliphatic heterocycles. The van der Waals surface area contributed by atoms with E-state index in [0.29, 0.717) is 0 Å². The zero-order valence-electron chi connectivity index (χ0n) is 22.2. The van der Waals surface area contributed by atoms with Crippen LogP contribution in [0.3, 0.4) is 0 Å². The fraction of sp³-hybridized carbons (Fsp3) is 0.419. The lowest BCUT2D eigenvalue weighted by molar-refractivity contribution is 0.317. The van der Waals surface area contributed by atoms with Crippen molar-refractivity contribution >= 4 is 0 Å². The maximum Gasteiger partial charge on any atom is 0.119 e. The number of aryl methyl sites for hydroxylation is 1. The molecule has 3 aromatic rings. The molecular formula is C31H48O2. The van der Waals surface area contributed by atoms with Gasteiger partial charge in [-0.25, -0.2) is 0 Å². The van der Waals surface area contributed by atoms with Gasteiger partial charge in [-0.2, -0.15) is 0 Å². The van der Waals surface area contributed by atoms with Gasteiger partial charge in [-0.15, -0.1) is 0 Å². The molecule has 2 nitrogen and oxygen atoms in total. The minimum atomic E-state index is 0.740. The summed E-state index contributed by atoms with van der Waals surface area (Å²) in [6, 6.07) is 30.3. The second-order valence-corrected chi connectivity index (χ2v) is 6.50. The molecule has 0 radical (unpaired) electrons. The molecule has 0 saturated carbocycles. The van der Waals surface area contributed by atoms with E-state index >= 15 is 0 Å². The Morgan fingerprint density at radius 1 is 0.515 bits per heavy atom. The van der Waals surface area contributed by atoms with E-state index in [4.69, 9.17) is 9.47 Å². The van der Waals surface area contributed by atoms with Gasteiger partial charge in [0.25, 0.3) is 0 Å². The fourth-order valence-electron chi connectivity index (χ4n) is 2.45. The Hall–Kier alpha value is -2.74. The summed E-state index contributed by atoms with van der Waals surface area (Å²) >= 11 is 0. The molecule has 33 heavy (non-hydrogen) atoms. The van der Waals surface area contributed by atoms with Gasteiger partial charge < -0.3 is 9.47 Å². The van der Waals surface area contributed by atoms with E-state index in [1.807, 2.05) is 95.3 Å². The Kier molecular flexibility index (Phi) is 26.8. The molecule has 0 spiro atoms. The predicted octanol–water partition coefficient (Wildman–Crippen LogP) is 9.64. The molecule has 0 aliphatic carbocycles. The first-order chi connectivity index (χ1) is 16.3. The van der Waals surface area contributed by atoms with Crippen LogP contribution < -0.4 is 9.47 Å². The SMILES string of the molecule is CC.CC.CCCCc1ccccc1.CCCOc1ccccc1.CCOc1ccccc1. The highest BCUT2D eigenvalue weighted by atomic mass is 16.5. The van der Waals surface area contributed by atoms with E-state index in [1.54, 1.807) is 0 Å². The quantitative estimate of drug-likeness (QED) is 0.338. The molecule has 0 aliphatic rings. The Morgan fingerprint density at radius 2 is 0.939 bits per heavy atom. The second kappa shape index (κ2) is 27.3. The Bertz CT molecular complexity index is 653. The van der Waals surface area contributed by atoms with Gasteiger partial charge in [-0.1, -0.05) is 115 Å². The summed E-state index contributed by atoms with van der Waals surface area (Å²) in [5.74, 6) is 1.91. The van der Waals surface area contributed by atoms with Crippen molar-refractivity contribution in [2.45, 2.75) is 74.1 Å². The Morgan fingerprint density at radius 3 is 1.33 bits per heavy atom. The molecule has 0 aromatic heterocycles. The average molecular weight is 453 g/mol. The van der Waals surface area contributed by atoms with Crippen LogP contribution in [0.25, 0.3) is 0 Å². The second-order valence-electron chi connectivity index (χ2n) is 6.50. The first kappa shape index (κ1) is 32.4. The largest absolute Gasteiger partial charge is 0.494 e. The first-order valence-electron chi connectivity index (χ1n) is 12.7. The summed E-state index contributed by atoms with van der Waals surface area (Å²) in [5.41, 5.74) is 1.46. The summed E-state index contributed by atoms with van der Waals surface area (Å²) in [6.07, 6.45) is 4.89. The van der Waals surface area contributed by atoms with Gasteiger partial charge in [0.2, 0.25) is 0 Å². The Balaban J connectivity index is 0. The predicted molar refractivity (Wildman–Crippen MR) is 148 cm³/mol. The fourth-order valence-corrected chi connectivity index (χ4v) is 2.45. The third-order valence-corrected chi connectivity index (χ3v) is 3.93. The van der Waals surface area contributed by atoms with E-state index in [-0.39, 0.29) is 0 Å². The lowest BCUT2D eigenvalue weighted by Gasteiger charge is -2.01. The van der Waals surface area contributed by atoms with Crippen LogP contribution >= 0.6 is 0 Å². The normalized spacial score (nSPS) is 8.58. The van der Waals surface area contributed by atoms with Crippen molar-refractivity contribution in [3.63, 3.8) is 0 Å². The molecule has 0 fully saturated rings. The number of para-hydroxylation sites is 2. The summed E-state index contributed by atoms with van der Waals surface area (Å²) in [5, 5.41) is 0. The highest BCUT2D eigenvalue weighted by Crippen LogP contribution is 2.08. The molecule has 0 atom stereocenters. The van der Waals surface area contributed by atoms with Crippen molar-refractivity contribution in [1.29, 1.82) is 0 Å². The zero-order valence-corrected chi connectivity index (χ0v) is 22.2. The highest BCUT2D eigenvalue weighted by molar-refractivity contribution is 5.21. The smallest absolute Gasteiger partial charge is 0.119 e. The summed E-state index contributed by atoms with van der Waals surface area (Å²) in [6.45, 7) is 15.9. The van der Waals surface area contributed by atoms with Crippen molar-refractivity contribution in [2.75, 3.05) is 13.2 Å². The number of unbranched alkanes of at least 4 members (excludes halogenated alkanes) is 1. The molecule has 0 amide bonds. The van der Waals surface area contributed by atoms with E-state index in [9.17, 15) is 0 Å². The standard InChI is InChI=1S/C10H14.C9H12O.C8H10O.2C2H6/c1-2-3-7-10-8-5-4-6-9-10;1-2-8-10-9-6-4-3-5-7-9;1-2-9-8-6-4-3-5-7-8;2*1-2/h4-6,8-9H,2-3,7H2,1H3;3-7H,2,8H2,1H3;3-7H,2H2,1H3;2*1-2H3. The Labute approximate surface area is 205 Å². The molecule has 184 valence electrons. The lowest BCUT2D eigenvalue weighted by Crippen LogP contribution is -1.93. The molecule has 2 heteroatoms. The van der Waals surface area contributed by atoms with Gasteiger partial charge in [0.1, 0.15) is 11.5 Å². The van der Waals surface area contributed by atoms with Crippen LogP contribution in [-0.4, -0.2) is 13.2 Å². The van der Waals surface area contributed by atoms with Gasteiger partial charge in [0, 0.05) is 0 Å². The molecule has 0 saturated heterocycles. The van der Waals surface area contributed by atoms with Gasteiger partial charge in [0.15, 0.2) is 0 Å². The zero-order chi connectivity index (χ0) is 25.0. The van der Waals surface area contributed by atoms with Crippen LogP contribution in [0.15, 0.2) is 91.0 Å². The monoisotopic (exact) mass is 452 g/mol. The molecular weight excluding hydrogens is 404 g/mol. The van der Waals surface area contributed by atoms with Crippen molar-refractivity contribution in [1.82, 2.24) is 0 Å². The number of hydrogen-bond donors (Lipinski definition) is 0. The molecule has 3 rings (SSSR count). The van der Waals surface area contributed by atoms with Crippen molar-refractivity contribution in [2.24, 2.45) is 0 Å². The van der Waals surface area contributed by atoms with E-state index in [0.717, 1.165) is 31.1 Å². The number of rotatable bonds is 8. The van der Waals surface area contributed by atoms with Crippen LogP contribution in [0.5, 0.6) is 11.5 Å². The number of hydrogen-bond acceptors (Lipinski definition) is 2. The first-order valence-corrected chi connectivity index (χ1v) is 12.7. The van der Waals surface area contributed by atoms with E-state index < -0.39 is 0 Å². The van der Waals surface area contributed by atoms with E-state index in [1.165, 1.54) is 24.8 Å². The van der Waals surface area contributed by atoms with Crippen LogP contribution in [0, 0.1) is 0 Å². The summed E-state index contributed by atoms with van der Waals surface area (Å²) in [7, 11) is 0. The lowest BCUT2D eigenvalue weighted by atomic mass is 10.1. The number of ether oxygens (including phenoxy) is 2. The summed E-state index contributed by atoms with van der Waals surface area (Å²) < 4.78 is 10.6. The molecule has 0 N–H and O–H groups in total. The van der Waals surface area contributed by atoms with Crippen LogP contribution in [-0.2, 0) is 6.42 Å². The van der Waals surface area contributed by atoms with Crippen LogP contribution in [0.2, 0.25) is 0 Å². The minimum Gasteiger partial charge on any atom is -0.494 e. The van der Waals surface area contributed by atoms with Crippen molar-refractivity contribution < 1.29 is 9.47 Å². The van der Waals surface area contributed by atoms with Crippen LogP contribution in [0.1, 0.15) is 73.3 Å². The topological polar surface area (TPSA) is 18.5 Å². The molecule has 0 bridgehead atoms. The van der Waals surface area contributed by atoms with Crippen molar-refractivity contribution in [3.8, 4) is 11.5 Å². The van der Waals surface area contributed by atoms with Gasteiger partial charge >= 0.3 is 0 Å². The highest BCUT2D eigenvalue weighted by Gasteiger charge is 1.88. The van der Waals surface area contributed by atoms with Crippen LogP contribution in [0.4, 0.5) is 0 Å². The van der Waals surface area contributed by atoms with Gasteiger partial charge in [-0.3, -0.25) is 0 Å². The van der Waals surface area contributed by atoms with Crippen molar-refractivity contribution in [3.05, 3.63) is 96.6 Å². The molecule has 0 unspecified atom stereocenters. The third-order valence-electron chi connectivity index (χ3n) is 3.93. The van der Waals surface area contributed by atoms with Gasteiger partial charge in [-0.05, 0) is 56.0 Å². The van der Waals surface area contributed by atoms with E-state index in [2.05, 4.69) is 44.2 Å². The number of benzene rings is 3. The summed E-state index contributed by atoms with van der Waals surface area (Å²) in [4.78, 5) is 0. The average Bonchev–Trinajstić information content (AvgIpc) is 2.91. The maximum atomic E-state index is 5.36. The third kappa shape index (κ3) is 20.9.